The van der Waals surface area contributed by atoms with Gasteiger partial charge in [-0.3, -0.25) is 9.80 Å². The number of hydrogen-bond donors (Lipinski definition) is 0. The van der Waals surface area contributed by atoms with Gasteiger partial charge < -0.3 is 0 Å². The maximum absolute atomic E-state index is 4.79. The molecular weight excluding hydrogens is 296 g/mol. The van der Waals surface area contributed by atoms with E-state index in [1.54, 1.807) is 0 Å². The summed E-state index contributed by atoms with van der Waals surface area (Å²) in [6.07, 6.45) is 1.28. The van der Waals surface area contributed by atoms with Crippen molar-refractivity contribution in [1.82, 2.24) is 19.6 Å². The minimum Gasteiger partial charge on any atom is -0.300 e. The zero-order valence-electron chi connectivity index (χ0n) is 15.5. The molecule has 1 atom stereocenters. The lowest BCUT2D eigenvalue weighted by Gasteiger charge is -2.26. The predicted molar refractivity (Wildman–Crippen MR) is 99.6 cm³/mol. The van der Waals surface area contributed by atoms with Gasteiger partial charge in [0, 0.05) is 36.9 Å². The van der Waals surface area contributed by atoms with Crippen molar-refractivity contribution in [3.8, 4) is 5.69 Å². The molecule has 4 nitrogen and oxygen atoms in total. The third-order valence-electron chi connectivity index (χ3n) is 5.40. The van der Waals surface area contributed by atoms with Crippen molar-refractivity contribution in [2.75, 3.05) is 26.2 Å². The van der Waals surface area contributed by atoms with E-state index in [1.807, 2.05) is 6.07 Å². The van der Waals surface area contributed by atoms with E-state index >= 15 is 0 Å². The molecule has 1 aromatic heterocycles. The van der Waals surface area contributed by atoms with E-state index in [0.717, 1.165) is 31.0 Å². The Morgan fingerprint density at radius 2 is 1.83 bits per heavy atom. The van der Waals surface area contributed by atoms with Crippen LogP contribution in [0.15, 0.2) is 30.3 Å². The van der Waals surface area contributed by atoms with Crippen LogP contribution in [0.2, 0.25) is 0 Å². The molecule has 1 aliphatic heterocycles. The second-order valence-corrected chi connectivity index (χ2v) is 6.80. The molecule has 0 bridgehead atoms. The number of likely N-dealkylation sites (tertiary alicyclic amines) is 1. The summed E-state index contributed by atoms with van der Waals surface area (Å²) in [6, 6.07) is 11.1. The molecule has 2 aromatic rings. The molecule has 1 aliphatic rings. The van der Waals surface area contributed by atoms with Crippen LogP contribution in [-0.4, -0.2) is 51.8 Å². The van der Waals surface area contributed by atoms with Gasteiger partial charge >= 0.3 is 0 Å². The van der Waals surface area contributed by atoms with Crippen LogP contribution in [0.1, 0.15) is 37.2 Å². The summed E-state index contributed by atoms with van der Waals surface area (Å²) >= 11 is 0. The summed E-state index contributed by atoms with van der Waals surface area (Å²) in [5.74, 6) is 0. The zero-order chi connectivity index (χ0) is 17.1. The molecule has 1 saturated heterocycles. The molecule has 3 rings (SSSR count). The van der Waals surface area contributed by atoms with Crippen molar-refractivity contribution >= 4 is 0 Å². The lowest BCUT2D eigenvalue weighted by molar-refractivity contribution is 0.209. The minimum absolute atomic E-state index is 0.713. The number of hydrogen-bond acceptors (Lipinski definition) is 3. The van der Waals surface area contributed by atoms with Gasteiger partial charge in [-0.2, -0.15) is 5.10 Å². The molecule has 0 saturated carbocycles. The number of aromatic nitrogens is 2. The van der Waals surface area contributed by atoms with Crippen LogP contribution in [-0.2, 0) is 6.54 Å². The maximum Gasteiger partial charge on any atom is 0.0648 e. The summed E-state index contributed by atoms with van der Waals surface area (Å²) in [5.41, 5.74) is 4.96. The van der Waals surface area contributed by atoms with Gasteiger partial charge in [0.05, 0.1) is 11.4 Å². The Morgan fingerprint density at radius 3 is 2.50 bits per heavy atom. The highest BCUT2D eigenvalue weighted by atomic mass is 15.3. The van der Waals surface area contributed by atoms with Crippen molar-refractivity contribution in [2.45, 2.75) is 46.7 Å². The molecule has 0 aliphatic carbocycles. The van der Waals surface area contributed by atoms with Crippen LogP contribution in [0.25, 0.3) is 5.69 Å². The van der Waals surface area contributed by atoms with Crippen LogP contribution in [0.5, 0.6) is 0 Å². The average Bonchev–Trinajstić information content (AvgIpc) is 3.17. The molecule has 0 radical (unpaired) electrons. The summed E-state index contributed by atoms with van der Waals surface area (Å²) in [5, 5.41) is 4.79. The maximum atomic E-state index is 4.79. The Kier molecular flexibility index (Phi) is 5.36. The van der Waals surface area contributed by atoms with E-state index in [9.17, 15) is 0 Å². The van der Waals surface area contributed by atoms with E-state index in [-0.39, 0.29) is 0 Å². The van der Waals surface area contributed by atoms with Gasteiger partial charge in [0.2, 0.25) is 0 Å². The van der Waals surface area contributed by atoms with Gasteiger partial charge in [0.1, 0.15) is 0 Å². The number of aryl methyl sites for hydroxylation is 1. The Balaban J connectivity index is 1.74. The monoisotopic (exact) mass is 326 g/mol. The van der Waals surface area contributed by atoms with Gasteiger partial charge in [-0.05, 0) is 45.5 Å². The van der Waals surface area contributed by atoms with Crippen LogP contribution in [0.3, 0.4) is 0 Å². The van der Waals surface area contributed by atoms with Gasteiger partial charge in [-0.25, -0.2) is 4.68 Å². The van der Waals surface area contributed by atoms with Crippen LogP contribution >= 0.6 is 0 Å². The fourth-order valence-corrected chi connectivity index (χ4v) is 3.94. The van der Waals surface area contributed by atoms with Gasteiger partial charge in [-0.15, -0.1) is 0 Å². The Labute approximate surface area is 146 Å². The summed E-state index contributed by atoms with van der Waals surface area (Å²) in [7, 11) is 0. The van der Waals surface area contributed by atoms with Crippen molar-refractivity contribution < 1.29 is 0 Å². The van der Waals surface area contributed by atoms with Gasteiger partial charge in [0.15, 0.2) is 0 Å². The standard InChI is InChI=1S/C20H30N4/c1-5-23(6-2)19-12-13-22(14-19)15-20-16(3)21-24(17(20)4)18-10-8-7-9-11-18/h7-11,19H,5-6,12-15H2,1-4H3. The van der Waals surface area contributed by atoms with E-state index in [1.165, 1.54) is 30.8 Å². The van der Waals surface area contributed by atoms with E-state index in [4.69, 9.17) is 5.10 Å². The van der Waals surface area contributed by atoms with Crippen LogP contribution in [0.4, 0.5) is 0 Å². The Hall–Kier alpha value is -1.65. The summed E-state index contributed by atoms with van der Waals surface area (Å²) < 4.78 is 2.09. The first kappa shape index (κ1) is 17.2. The van der Waals surface area contributed by atoms with E-state index in [2.05, 4.69) is 66.4 Å². The normalized spacial score (nSPS) is 18.6. The highest BCUT2D eigenvalue weighted by Gasteiger charge is 2.27. The van der Waals surface area contributed by atoms with E-state index < -0.39 is 0 Å². The number of benzene rings is 1. The van der Waals surface area contributed by atoms with Crippen molar-refractivity contribution in [2.24, 2.45) is 0 Å². The second-order valence-electron chi connectivity index (χ2n) is 6.80. The largest absolute Gasteiger partial charge is 0.300 e. The summed E-state index contributed by atoms with van der Waals surface area (Å²) in [6.45, 7) is 14.6. The minimum atomic E-state index is 0.713. The SMILES string of the molecule is CCN(CC)C1CCN(Cc2c(C)nn(-c3ccccc3)c2C)C1. The molecule has 0 N–H and O–H groups in total. The van der Waals surface area contributed by atoms with E-state index in [0.29, 0.717) is 6.04 Å². The Bertz CT molecular complexity index is 658. The fourth-order valence-electron chi connectivity index (χ4n) is 3.94. The molecule has 0 spiro atoms. The first-order chi connectivity index (χ1) is 11.6. The molecule has 2 heterocycles. The molecule has 24 heavy (non-hydrogen) atoms. The molecule has 4 heteroatoms. The van der Waals surface area contributed by atoms with Crippen LogP contribution < -0.4 is 0 Å². The zero-order valence-corrected chi connectivity index (χ0v) is 15.5. The van der Waals surface area contributed by atoms with Crippen molar-refractivity contribution in [1.29, 1.82) is 0 Å². The number of likely N-dealkylation sites (N-methyl/N-ethyl adjacent to an activating group) is 1. The second kappa shape index (κ2) is 7.49. The highest BCUT2D eigenvalue weighted by molar-refractivity contribution is 5.36. The molecular formula is C20H30N4. The third-order valence-corrected chi connectivity index (χ3v) is 5.40. The molecule has 1 unspecified atom stereocenters. The predicted octanol–water partition coefficient (Wildman–Crippen LogP) is 3.41. The first-order valence-corrected chi connectivity index (χ1v) is 9.21. The molecule has 130 valence electrons. The van der Waals surface area contributed by atoms with Crippen LogP contribution in [0, 0.1) is 13.8 Å². The molecule has 0 amide bonds. The number of nitrogens with zero attached hydrogens (tertiary/aromatic N) is 4. The first-order valence-electron chi connectivity index (χ1n) is 9.21. The lowest BCUT2D eigenvalue weighted by atomic mass is 10.2. The highest BCUT2D eigenvalue weighted by Crippen LogP contribution is 2.23. The number of rotatable bonds is 6. The topological polar surface area (TPSA) is 24.3 Å². The third kappa shape index (κ3) is 3.40. The fraction of sp³-hybridized carbons (Fsp3) is 0.550. The van der Waals surface area contributed by atoms with Crippen molar-refractivity contribution in [3.63, 3.8) is 0 Å². The molecule has 1 aromatic carbocycles. The quantitative estimate of drug-likeness (QED) is 0.813. The van der Waals surface area contributed by atoms with Crippen molar-refractivity contribution in [3.05, 3.63) is 47.3 Å². The van der Waals surface area contributed by atoms with Gasteiger partial charge in [-0.1, -0.05) is 32.0 Å². The van der Waals surface area contributed by atoms with Gasteiger partial charge in [0.25, 0.3) is 0 Å². The average molecular weight is 326 g/mol. The lowest BCUT2D eigenvalue weighted by Crippen LogP contribution is -2.37. The smallest absolute Gasteiger partial charge is 0.0648 e. The number of para-hydroxylation sites is 1. The molecule has 1 fully saturated rings. The summed E-state index contributed by atoms with van der Waals surface area (Å²) in [4.78, 5) is 5.18. The Morgan fingerprint density at radius 1 is 1.12 bits per heavy atom.